The Balaban J connectivity index is 2.26. The molecule has 0 aromatic heterocycles. The van der Waals surface area contributed by atoms with E-state index in [9.17, 15) is 13.2 Å². The molecule has 0 unspecified atom stereocenters. The smallest absolute Gasteiger partial charge is 0.261 e. The highest BCUT2D eigenvalue weighted by Gasteiger charge is 2.25. The van der Waals surface area contributed by atoms with Gasteiger partial charge in [-0.15, -0.1) is 0 Å². The highest BCUT2D eigenvalue weighted by Crippen LogP contribution is 2.25. The van der Waals surface area contributed by atoms with Gasteiger partial charge in [0.15, 0.2) is 0 Å². The quantitative estimate of drug-likeness (QED) is 0.806. The van der Waals surface area contributed by atoms with E-state index in [0.717, 1.165) is 25.7 Å². The summed E-state index contributed by atoms with van der Waals surface area (Å²) in [6.45, 7) is 1.72. The molecule has 2 rings (SSSR count). The summed E-state index contributed by atoms with van der Waals surface area (Å²) in [4.78, 5) is 14.2. The molecule has 0 N–H and O–H groups in total. The summed E-state index contributed by atoms with van der Waals surface area (Å²) in [6.07, 6.45) is 4.39. The molecule has 6 heteroatoms. The van der Waals surface area contributed by atoms with Crippen molar-refractivity contribution in [2.24, 2.45) is 0 Å². The summed E-state index contributed by atoms with van der Waals surface area (Å²) in [5.41, 5.74) is 1.16. The van der Waals surface area contributed by atoms with Crippen LogP contribution in [-0.2, 0) is 9.05 Å². The van der Waals surface area contributed by atoms with Gasteiger partial charge in [0.2, 0.25) is 0 Å². The van der Waals surface area contributed by atoms with Gasteiger partial charge in [0.1, 0.15) is 0 Å². The molecule has 0 atom stereocenters. The summed E-state index contributed by atoms with van der Waals surface area (Å²) in [5.74, 6) is -0.0621. The van der Waals surface area contributed by atoms with E-state index in [-0.39, 0.29) is 10.8 Å². The van der Waals surface area contributed by atoms with Crippen molar-refractivity contribution in [3.63, 3.8) is 0 Å². The molecule has 0 spiro atoms. The molecular formula is C14H18ClNO3S. The van der Waals surface area contributed by atoms with E-state index in [1.807, 2.05) is 7.05 Å². The van der Waals surface area contributed by atoms with Crippen LogP contribution in [0.15, 0.2) is 23.1 Å². The van der Waals surface area contributed by atoms with Gasteiger partial charge in [0, 0.05) is 29.3 Å². The third-order valence-corrected chi connectivity index (χ3v) is 5.25. The highest BCUT2D eigenvalue weighted by atomic mass is 35.7. The van der Waals surface area contributed by atoms with E-state index in [4.69, 9.17) is 10.7 Å². The van der Waals surface area contributed by atoms with Crippen LogP contribution >= 0.6 is 10.7 Å². The van der Waals surface area contributed by atoms with Crippen LogP contribution in [0.5, 0.6) is 0 Å². The Bertz CT molecular complexity index is 621. The van der Waals surface area contributed by atoms with Crippen molar-refractivity contribution in [3.8, 4) is 0 Å². The first-order valence-corrected chi connectivity index (χ1v) is 8.94. The van der Waals surface area contributed by atoms with Crippen LogP contribution < -0.4 is 0 Å². The maximum absolute atomic E-state index is 12.5. The van der Waals surface area contributed by atoms with Crippen LogP contribution in [-0.4, -0.2) is 32.3 Å². The maximum atomic E-state index is 12.5. The molecule has 4 nitrogen and oxygen atoms in total. The van der Waals surface area contributed by atoms with Gasteiger partial charge in [-0.05, 0) is 43.5 Å². The lowest BCUT2D eigenvalue weighted by molar-refractivity contribution is 0.0734. The minimum Gasteiger partial charge on any atom is -0.339 e. The average molecular weight is 316 g/mol. The second kappa shape index (κ2) is 5.74. The summed E-state index contributed by atoms with van der Waals surface area (Å²) in [5, 5.41) is 0. The third kappa shape index (κ3) is 3.15. The number of nitrogens with zero attached hydrogens (tertiary/aromatic N) is 1. The first-order chi connectivity index (χ1) is 9.30. The molecule has 1 fully saturated rings. The van der Waals surface area contributed by atoms with Gasteiger partial charge in [0.25, 0.3) is 15.0 Å². The SMILES string of the molecule is Cc1cc(S(=O)(=O)Cl)ccc1C(=O)N(C)C1CCCC1. The van der Waals surface area contributed by atoms with E-state index < -0.39 is 9.05 Å². The number of aryl methyl sites for hydroxylation is 1. The van der Waals surface area contributed by atoms with Crippen molar-refractivity contribution in [3.05, 3.63) is 29.3 Å². The summed E-state index contributed by atoms with van der Waals surface area (Å²) < 4.78 is 22.6. The third-order valence-electron chi connectivity index (χ3n) is 3.90. The Morgan fingerprint density at radius 2 is 1.90 bits per heavy atom. The van der Waals surface area contributed by atoms with Crippen LogP contribution in [0, 0.1) is 6.92 Å². The molecule has 0 heterocycles. The van der Waals surface area contributed by atoms with Gasteiger partial charge >= 0.3 is 0 Å². The van der Waals surface area contributed by atoms with Crippen LogP contribution in [0.1, 0.15) is 41.6 Å². The van der Waals surface area contributed by atoms with E-state index >= 15 is 0 Å². The molecule has 1 aromatic rings. The van der Waals surface area contributed by atoms with E-state index in [2.05, 4.69) is 0 Å². The fraction of sp³-hybridized carbons (Fsp3) is 0.500. The molecule has 1 amide bonds. The first-order valence-electron chi connectivity index (χ1n) is 6.63. The van der Waals surface area contributed by atoms with Crippen molar-refractivity contribution in [1.29, 1.82) is 0 Å². The lowest BCUT2D eigenvalue weighted by atomic mass is 10.1. The van der Waals surface area contributed by atoms with Gasteiger partial charge in [-0.3, -0.25) is 4.79 Å². The molecule has 1 saturated carbocycles. The average Bonchev–Trinajstić information content (AvgIpc) is 2.89. The molecule has 0 aliphatic heterocycles. The molecule has 1 aliphatic carbocycles. The molecule has 1 aromatic carbocycles. The van der Waals surface area contributed by atoms with Crippen LogP contribution in [0.4, 0.5) is 0 Å². The predicted molar refractivity (Wildman–Crippen MR) is 78.6 cm³/mol. The molecule has 0 saturated heterocycles. The van der Waals surface area contributed by atoms with Gasteiger partial charge in [-0.1, -0.05) is 12.8 Å². The molecule has 0 bridgehead atoms. The van der Waals surface area contributed by atoms with E-state index in [0.29, 0.717) is 17.2 Å². The Hall–Kier alpha value is -1.07. The number of carbonyl (C=O) groups is 1. The standard InChI is InChI=1S/C14H18ClNO3S/c1-10-9-12(20(15,18)19)7-8-13(10)14(17)16(2)11-5-3-4-6-11/h7-9,11H,3-6H2,1-2H3. The zero-order valence-electron chi connectivity index (χ0n) is 11.6. The number of carbonyl (C=O) groups excluding carboxylic acids is 1. The largest absolute Gasteiger partial charge is 0.339 e. The Kier molecular flexibility index (Phi) is 4.39. The monoisotopic (exact) mass is 315 g/mol. The molecule has 20 heavy (non-hydrogen) atoms. The zero-order chi connectivity index (χ0) is 14.9. The summed E-state index contributed by atoms with van der Waals surface area (Å²) in [6, 6.07) is 4.65. The second-order valence-corrected chi connectivity index (χ2v) is 7.83. The van der Waals surface area contributed by atoms with Gasteiger partial charge < -0.3 is 4.90 Å². The summed E-state index contributed by atoms with van der Waals surface area (Å²) >= 11 is 0. The Morgan fingerprint density at radius 1 is 1.30 bits per heavy atom. The van der Waals surface area contributed by atoms with Crippen molar-refractivity contribution in [1.82, 2.24) is 4.90 Å². The number of rotatable bonds is 3. The normalized spacial score (nSPS) is 16.4. The molecule has 110 valence electrons. The number of amides is 1. The van der Waals surface area contributed by atoms with Gasteiger partial charge in [-0.25, -0.2) is 8.42 Å². The lowest BCUT2D eigenvalue weighted by Crippen LogP contribution is -2.35. The van der Waals surface area contributed by atoms with Gasteiger partial charge in [-0.2, -0.15) is 0 Å². The number of halogens is 1. The van der Waals surface area contributed by atoms with Gasteiger partial charge in [0.05, 0.1) is 4.90 Å². The minimum atomic E-state index is -3.76. The topological polar surface area (TPSA) is 54.5 Å². The number of hydrogen-bond acceptors (Lipinski definition) is 3. The fourth-order valence-corrected chi connectivity index (χ4v) is 3.51. The number of benzene rings is 1. The summed E-state index contributed by atoms with van der Waals surface area (Å²) in [7, 11) is 3.36. The highest BCUT2D eigenvalue weighted by molar-refractivity contribution is 8.13. The molecule has 1 aliphatic rings. The minimum absolute atomic E-state index is 0.0248. The lowest BCUT2D eigenvalue weighted by Gasteiger charge is -2.25. The van der Waals surface area contributed by atoms with Crippen LogP contribution in [0.25, 0.3) is 0 Å². The van der Waals surface area contributed by atoms with Crippen molar-refractivity contribution in [2.75, 3.05) is 7.05 Å². The van der Waals surface area contributed by atoms with Crippen LogP contribution in [0.3, 0.4) is 0 Å². The van der Waals surface area contributed by atoms with E-state index in [1.54, 1.807) is 17.9 Å². The van der Waals surface area contributed by atoms with Crippen molar-refractivity contribution < 1.29 is 13.2 Å². The Labute approximate surface area is 124 Å². The van der Waals surface area contributed by atoms with Crippen molar-refractivity contribution in [2.45, 2.75) is 43.5 Å². The van der Waals surface area contributed by atoms with E-state index in [1.165, 1.54) is 12.1 Å². The first kappa shape index (κ1) is 15.3. The van der Waals surface area contributed by atoms with Crippen molar-refractivity contribution >= 4 is 25.6 Å². The number of hydrogen-bond donors (Lipinski definition) is 0. The molecule has 0 radical (unpaired) electrons. The fourth-order valence-electron chi connectivity index (χ4n) is 2.68. The predicted octanol–water partition coefficient (Wildman–Crippen LogP) is 2.94. The second-order valence-electron chi connectivity index (χ2n) is 5.27. The Morgan fingerprint density at radius 3 is 2.40 bits per heavy atom. The zero-order valence-corrected chi connectivity index (χ0v) is 13.2. The maximum Gasteiger partial charge on any atom is 0.261 e. The molecular weight excluding hydrogens is 298 g/mol. The van der Waals surface area contributed by atoms with Crippen LogP contribution in [0.2, 0.25) is 0 Å².